The molecule has 3 aromatic rings. The molecule has 0 bridgehead atoms. The molecule has 0 aliphatic rings. The SMILES string of the molecule is OC(O)CCNCc1ccc2sc(-c3cc(C(F)(F)F)ccc3F)cc2c1. The molecule has 1 aromatic heterocycles. The van der Waals surface area contributed by atoms with Crippen molar-refractivity contribution in [3.63, 3.8) is 0 Å². The van der Waals surface area contributed by atoms with Gasteiger partial charge in [-0.25, -0.2) is 4.39 Å². The van der Waals surface area contributed by atoms with Crippen LogP contribution in [0.1, 0.15) is 17.5 Å². The van der Waals surface area contributed by atoms with Crippen molar-refractivity contribution < 1.29 is 27.8 Å². The largest absolute Gasteiger partial charge is 0.416 e. The summed E-state index contributed by atoms with van der Waals surface area (Å²) in [6.45, 7) is 0.936. The maximum absolute atomic E-state index is 14.1. The number of hydrogen-bond acceptors (Lipinski definition) is 4. The topological polar surface area (TPSA) is 52.5 Å². The first kappa shape index (κ1) is 19.8. The van der Waals surface area contributed by atoms with Gasteiger partial charge in [0.2, 0.25) is 0 Å². The van der Waals surface area contributed by atoms with Crippen LogP contribution in [0.15, 0.2) is 42.5 Å². The first-order valence-corrected chi connectivity index (χ1v) is 9.02. The van der Waals surface area contributed by atoms with Gasteiger partial charge in [0.05, 0.1) is 5.56 Å². The molecule has 27 heavy (non-hydrogen) atoms. The number of thiophene rings is 1. The average Bonchev–Trinajstić information content (AvgIpc) is 3.01. The number of aliphatic hydroxyl groups excluding tert-OH is 1. The quantitative estimate of drug-likeness (QED) is 0.325. The molecule has 0 aliphatic carbocycles. The van der Waals surface area contributed by atoms with Gasteiger partial charge in [-0.2, -0.15) is 13.2 Å². The number of hydrogen-bond donors (Lipinski definition) is 3. The van der Waals surface area contributed by atoms with Gasteiger partial charge in [-0.15, -0.1) is 11.3 Å². The zero-order valence-electron chi connectivity index (χ0n) is 14.1. The highest BCUT2D eigenvalue weighted by atomic mass is 32.1. The third kappa shape index (κ3) is 4.84. The van der Waals surface area contributed by atoms with E-state index in [-0.39, 0.29) is 12.0 Å². The van der Waals surface area contributed by atoms with E-state index in [9.17, 15) is 17.6 Å². The van der Waals surface area contributed by atoms with Gasteiger partial charge in [-0.1, -0.05) is 6.07 Å². The summed E-state index contributed by atoms with van der Waals surface area (Å²) in [4.78, 5) is 0.433. The summed E-state index contributed by atoms with van der Waals surface area (Å²) in [5, 5.41) is 21.5. The van der Waals surface area contributed by atoms with Crippen molar-refractivity contribution >= 4 is 21.4 Å². The van der Waals surface area contributed by atoms with E-state index in [1.165, 1.54) is 11.3 Å². The van der Waals surface area contributed by atoms with E-state index < -0.39 is 23.8 Å². The number of fused-ring (bicyclic) bond motifs is 1. The number of alkyl halides is 3. The lowest BCUT2D eigenvalue weighted by molar-refractivity contribution is -0.137. The molecule has 1 heterocycles. The molecule has 0 spiro atoms. The summed E-state index contributed by atoms with van der Waals surface area (Å²) in [5.74, 6) is -0.695. The van der Waals surface area contributed by atoms with Crippen molar-refractivity contribution in [2.24, 2.45) is 0 Å². The number of halogens is 4. The summed E-state index contributed by atoms with van der Waals surface area (Å²) in [6.07, 6.45) is -5.68. The highest BCUT2D eigenvalue weighted by Gasteiger charge is 2.31. The summed E-state index contributed by atoms with van der Waals surface area (Å²) >= 11 is 1.23. The van der Waals surface area contributed by atoms with Crippen LogP contribution in [0, 0.1) is 5.82 Å². The molecule has 0 radical (unpaired) electrons. The van der Waals surface area contributed by atoms with Gasteiger partial charge >= 0.3 is 6.18 Å². The average molecular weight is 399 g/mol. The van der Waals surface area contributed by atoms with E-state index in [0.717, 1.165) is 33.8 Å². The van der Waals surface area contributed by atoms with Crippen molar-refractivity contribution in [2.75, 3.05) is 6.54 Å². The fraction of sp³-hybridized carbons (Fsp3) is 0.263. The molecule has 0 atom stereocenters. The highest BCUT2D eigenvalue weighted by Crippen LogP contribution is 2.38. The summed E-state index contributed by atoms with van der Waals surface area (Å²) in [6, 6.07) is 9.68. The predicted molar refractivity (Wildman–Crippen MR) is 96.8 cm³/mol. The molecule has 0 unspecified atom stereocenters. The highest BCUT2D eigenvalue weighted by molar-refractivity contribution is 7.22. The van der Waals surface area contributed by atoms with Gasteiger partial charge in [0.15, 0.2) is 6.29 Å². The second-order valence-corrected chi connectivity index (χ2v) is 7.21. The molecule has 0 saturated heterocycles. The van der Waals surface area contributed by atoms with E-state index in [4.69, 9.17) is 10.2 Å². The van der Waals surface area contributed by atoms with Crippen LogP contribution in [0.2, 0.25) is 0 Å². The van der Waals surface area contributed by atoms with Crippen molar-refractivity contribution in [3.05, 3.63) is 59.4 Å². The molecule has 3 nitrogen and oxygen atoms in total. The Bertz CT molecular complexity index is 937. The minimum atomic E-state index is -4.53. The van der Waals surface area contributed by atoms with E-state index in [0.29, 0.717) is 18.0 Å². The lowest BCUT2D eigenvalue weighted by atomic mass is 10.1. The maximum atomic E-state index is 14.1. The fourth-order valence-corrected chi connectivity index (χ4v) is 3.75. The molecule has 0 fully saturated rings. The van der Waals surface area contributed by atoms with E-state index in [2.05, 4.69) is 5.32 Å². The minimum Gasteiger partial charge on any atom is -0.368 e. The van der Waals surface area contributed by atoms with E-state index >= 15 is 0 Å². The Hall–Kier alpha value is -2.00. The second-order valence-electron chi connectivity index (χ2n) is 6.12. The van der Waals surface area contributed by atoms with Gasteiger partial charge in [-0.05, 0) is 47.3 Å². The lowest BCUT2D eigenvalue weighted by Gasteiger charge is -2.08. The van der Waals surface area contributed by atoms with Gasteiger partial charge in [0.25, 0.3) is 0 Å². The summed E-state index contributed by atoms with van der Waals surface area (Å²) < 4.78 is 53.7. The van der Waals surface area contributed by atoms with Gasteiger partial charge in [0, 0.05) is 34.7 Å². The first-order chi connectivity index (χ1) is 12.7. The monoisotopic (exact) mass is 399 g/mol. The second kappa shape index (κ2) is 7.93. The van der Waals surface area contributed by atoms with Gasteiger partial charge < -0.3 is 15.5 Å². The number of nitrogens with one attached hydrogen (secondary N) is 1. The van der Waals surface area contributed by atoms with Crippen LogP contribution < -0.4 is 5.32 Å². The van der Waals surface area contributed by atoms with E-state index in [1.54, 1.807) is 6.07 Å². The third-order valence-corrected chi connectivity index (χ3v) is 5.20. The predicted octanol–water partition coefficient (Wildman–Crippen LogP) is 4.52. The molecule has 0 aliphatic heterocycles. The molecule has 0 amide bonds. The Morgan fingerprint density at radius 2 is 1.81 bits per heavy atom. The molecule has 2 aromatic carbocycles. The Balaban J connectivity index is 1.85. The zero-order valence-corrected chi connectivity index (χ0v) is 14.9. The zero-order chi connectivity index (χ0) is 19.6. The standard InChI is InChI=1S/C19H17F4NO2S/c20-15-3-2-13(19(21,22)23)9-14(15)17-8-12-7-11(1-4-16(12)27-17)10-24-6-5-18(25)26/h1-4,7-9,18,24-26H,5-6,10H2. The maximum Gasteiger partial charge on any atom is 0.416 e. The minimum absolute atomic E-state index is 0.0670. The fourth-order valence-electron chi connectivity index (χ4n) is 2.69. The molecular weight excluding hydrogens is 382 g/mol. The Morgan fingerprint density at radius 1 is 1.04 bits per heavy atom. The van der Waals surface area contributed by atoms with E-state index in [1.807, 2.05) is 18.2 Å². The van der Waals surface area contributed by atoms with Crippen LogP contribution >= 0.6 is 11.3 Å². The van der Waals surface area contributed by atoms with Gasteiger partial charge in [0.1, 0.15) is 5.82 Å². The van der Waals surface area contributed by atoms with Crippen LogP contribution in [0.25, 0.3) is 20.5 Å². The first-order valence-electron chi connectivity index (χ1n) is 8.20. The van der Waals surface area contributed by atoms with Crippen molar-refractivity contribution in [2.45, 2.75) is 25.4 Å². The van der Waals surface area contributed by atoms with Crippen molar-refractivity contribution in [3.8, 4) is 10.4 Å². The van der Waals surface area contributed by atoms with Crippen LogP contribution in [0.4, 0.5) is 17.6 Å². The molecule has 8 heteroatoms. The summed E-state index contributed by atoms with van der Waals surface area (Å²) in [5.41, 5.74) is -0.0151. The normalized spacial score (nSPS) is 12.3. The number of benzene rings is 2. The smallest absolute Gasteiger partial charge is 0.368 e. The molecule has 144 valence electrons. The number of rotatable bonds is 6. The van der Waals surface area contributed by atoms with Crippen molar-refractivity contribution in [1.82, 2.24) is 5.32 Å². The van der Waals surface area contributed by atoms with Crippen LogP contribution in [0.5, 0.6) is 0 Å². The van der Waals surface area contributed by atoms with Gasteiger partial charge in [-0.3, -0.25) is 0 Å². The third-order valence-electron chi connectivity index (χ3n) is 4.05. The van der Waals surface area contributed by atoms with Crippen LogP contribution in [0.3, 0.4) is 0 Å². The lowest BCUT2D eigenvalue weighted by Crippen LogP contribution is -2.19. The summed E-state index contributed by atoms with van der Waals surface area (Å²) in [7, 11) is 0. The molecular formula is C19H17F4NO2S. The Kier molecular flexibility index (Phi) is 5.81. The Labute approximate surface area is 156 Å². The van der Waals surface area contributed by atoms with Crippen LogP contribution in [-0.4, -0.2) is 23.0 Å². The van der Waals surface area contributed by atoms with Crippen molar-refractivity contribution in [1.29, 1.82) is 0 Å². The molecule has 3 rings (SSSR count). The Morgan fingerprint density at radius 3 is 2.52 bits per heavy atom. The van der Waals surface area contributed by atoms with Crippen LogP contribution in [-0.2, 0) is 12.7 Å². The number of aliphatic hydroxyl groups is 2. The molecule has 0 saturated carbocycles. The molecule has 3 N–H and O–H groups in total.